The quantitative estimate of drug-likeness (QED) is 0.583. The lowest BCUT2D eigenvalue weighted by molar-refractivity contribution is 0.112. The molecule has 4 unspecified atom stereocenters. The van der Waals surface area contributed by atoms with Crippen LogP contribution in [-0.4, -0.2) is 17.5 Å². The molecule has 0 amide bonds. The molecule has 0 N–H and O–H groups in total. The van der Waals surface area contributed by atoms with E-state index in [1.54, 1.807) is 5.70 Å². The van der Waals surface area contributed by atoms with Gasteiger partial charge in [-0.05, 0) is 68.6 Å². The SMILES string of the molecule is CC(C)C(CC(C)(C)C)C1C=C2C(CCCN2C(C)C)C(C)C1. The van der Waals surface area contributed by atoms with Gasteiger partial charge in [0, 0.05) is 24.2 Å². The first-order chi connectivity index (χ1) is 10.6. The highest BCUT2D eigenvalue weighted by molar-refractivity contribution is 5.17. The highest BCUT2D eigenvalue weighted by Gasteiger charge is 2.38. The molecule has 1 heterocycles. The van der Waals surface area contributed by atoms with Gasteiger partial charge in [-0.3, -0.25) is 0 Å². The molecule has 0 aromatic heterocycles. The van der Waals surface area contributed by atoms with E-state index in [4.69, 9.17) is 0 Å². The van der Waals surface area contributed by atoms with Gasteiger partial charge in [-0.25, -0.2) is 0 Å². The van der Waals surface area contributed by atoms with Gasteiger partial charge in [0.1, 0.15) is 0 Å². The molecule has 1 nitrogen and oxygen atoms in total. The fraction of sp³-hybridized carbons (Fsp3) is 0.909. The zero-order valence-electron chi connectivity index (χ0n) is 17.0. The van der Waals surface area contributed by atoms with Crippen molar-refractivity contribution in [2.24, 2.45) is 35.0 Å². The fourth-order valence-corrected chi connectivity index (χ4v) is 5.09. The van der Waals surface area contributed by atoms with Crippen LogP contribution in [0, 0.1) is 35.0 Å². The van der Waals surface area contributed by atoms with Gasteiger partial charge in [-0.1, -0.05) is 47.6 Å². The third-order valence-corrected chi connectivity index (χ3v) is 6.22. The standard InChI is InChI=1S/C22H41N/c1-15(2)20(14-22(6,7)8)18-12-17(5)19-10-9-11-23(16(3)4)21(19)13-18/h13,15-20H,9-12,14H2,1-8H3. The van der Waals surface area contributed by atoms with Gasteiger partial charge in [-0.15, -0.1) is 0 Å². The molecule has 2 rings (SSSR count). The van der Waals surface area contributed by atoms with E-state index < -0.39 is 0 Å². The predicted octanol–water partition coefficient (Wildman–Crippen LogP) is 6.36. The van der Waals surface area contributed by atoms with Gasteiger partial charge in [0.25, 0.3) is 0 Å². The minimum Gasteiger partial charge on any atom is -0.372 e. The van der Waals surface area contributed by atoms with Crippen molar-refractivity contribution in [3.05, 3.63) is 11.8 Å². The largest absolute Gasteiger partial charge is 0.372 e. The smallest absolute Gasteiger partial charge is 0.0230 e. The van der Waals surface area contributed by atoms with Crippen molar-refractivity contribution in [3.8, 4) is 0 Å². The summed E-state index contributed by atoms with van der Waals surface area (Å²) in [5.74, 6) is 4.04. The fourth-order valence-electron chi connectivity index (χ4n) is 5.09. The molecule has 134 valence electrons. The van der Waals surface area contributed by atoms with Gasteiger partial charge in [0.15, 0.2) is 0 Å². The number of hydrogen-bond donors (Lipinski definition) is 0. The maximum absolute atomic E-state index is 2.72. The molecular weight excluding hydrogens is 278 g/mol. The van der Waals surface area contributed by atoms with Crippen molar-refractivity contribution in [1.82, 2.24) is 4.90 Å². The molecule has 0 bridgehead atoms. The van der Waals surface area contributed by atoms with E-state index in [0.29, 0.717) is 11.5 Å². The molecule has 1 fully saturated rings. The van der Waals surface area contributed by atoms with Crippen LogP contribution in [0.5, 0.6) is 0 Å². The average Bonchev–Trinajstić information content (AvgIpc) is 2.42. The first kappa shape index (κ1) is 18.9. The van der Waals surface area contributed by atoms with Crippen molar-refractivity contribution in [2.75, 3.05) is 6.54 Å². The summed E-state index contributed by atoms with van der Waals surface area (Å²) < 4.78 is 0. The topological polar surface area (TPSA) is 3.24 Å². The average molecular weight is 320 g/mol. The van der Waals surface area contributed by atoms with E-state index in [-0.39, 0.29) is 0 Å². The monoisotopic (exact) mass is 319 g/mol. The number of rotatable bonds is 4. The first-order valence-corrected chi connectivity index (χ1v) is 10.1. The van der Waals surface area contributed by atoms with Crippen LogP contribution in [0.3, 0.4) is 0 Å². The lowest BCUT2D eigenvalue weighted by Gasteiger charge is -2.48. The summed E-state index contributed by atoms with van der Waals surface area (Å²) in [4.78, 5) is 2.71. The van der Waals surface area contributed by atoms with Crippen molar-refractivity contribution in [1.29, 1.82) is 0 Å². The number of nitrogens with zero attached hydrogens (tertiary/aromatic N) is 1. The maximum Gasteiger partial charge on any atom is 0.0230 e. The molecule has 0 saturated carbocycles. The van der Waals surface area contributed by atoms with Gasteiger partial charge in [-0.2, -0.15) is 0 Å². The van der Waals surface area contributed by atoms with Crippen LogP contribution in [-0.2, 0) is 0 Å². The van der Waals surface area contributed by atoms with Gasteiger partial charge < -0.3 is 4.90 Å². The second kappa shape index (κ2) is 7.19. The van der Waals surface area contributed by atoms with Crippen molar-refractivity contribution in [3.63, 3.8) is 0 Å². The minimum atomic E-state index is 0.428. The van der Waals surface area contributed by atoms with Crippen LogP contribution < -0.4 is 0 Å². The van der Waals surface area contributed by atoms with E-state index in [9.17, 15) is 0 Å². The first-order valence-electron chi connectivity index (χ1n) is 10.1. The molecule has 1 saturated heterocycles. The molecule has 0 spiro atoms. The van der Waals surface area contributed by atoms with Crippen LogP contribution in [0.1, 0.15) is 81.1 Å². The Bertz CT molecular complexity index is 412. The zero-order chi connectivity index (χ0) is 17.4. The third-order valence-electron chi connectivity index (χ3n) is 6.22. The Morgan fingerprint density at radius 2 is 1.83 bits per heavy atom. The Balaban J connectivity index is 2.29. The van der Waals surface area contributed by atoms with E-state index in [2.05, 4.69) is 66.4 Å². The highest BCUT2D eigenvalue weighted by atomic mass is 15.2. The van der Waals surface area contributed by atoms with Crippen molar-refractivity contribution < 1.29 is 0 Å². The van der Waals surface area contributed by atoms with Crippen molar-refractivity contribution >= 4 is 0 Å². The Kier molecular flexibility index (Phi) is 5.90. The zero-order valence-corrected chi connectivity index (χ0v) is 17.0. The van der Waals surface area contributed by atoms with Gasteiger partial charge >= 0.3 is 0 Å². The van der Waals surface area contributed by atoms with Crippen LogP contribution in [0.15, 0.2) is 11.8 Å². The molecule has 23 heavy (non-hydrogen) atoms. The van der Waals surface area contributed by atoms with Gasteiger partial charge in [0.2, 0.25) is 0 Å². The number of likely N-dealkylation sites (tertiary alicyclic amines) is 1. The minimum absolute atomic E-state index is 0.428. The maximum atomic E-state index is 2.72. The molecule has 0 radical (unpaired) electrons. The normalized spacial score (nSPS) is 30.4. The lowest BCUT2D eigenvalue weighted by Crippen LogP contribution is -2.43. The lowest BCUT2D eigenvalue weighted by atomic mass is 9.65. The number of piperidine rings is 1. The Labute approximate surface area is 145 Å². The summed E-state index contributed by atoms with van der Waals surface area (Å²) in [7, 11) is 0. The molecule has 0 aromatic carbocycles. The molecule has 2 aliphatic rings. The van der Waals surface area contributed by atoms with E-state index >= 15 is 0 Å². The van der Waals surface area contributed by atoms with Crippen LogP contribution in [0.25, 0.3) is 0 Å². The molecule has 1 aliphatic heterocycles. The van der Waals surface area contributed by atoms with E-state index in [0.717, 1.165) is 29.6 Å². The number of allylic oxidation sites excluding steroid dienone is 2. The highest BCUT2D eigenvalue weighted by Crippen LogP contribution is 2.46. The van der Waals surface area contributed by atoms with E-state index in [1.807, 2.05) is 0 Å². The molecule has 1 aliphatic carbocycles. The summed E-state index contributed by atoms with van der Waals surface area (Å²) in [5.41, 5.74) is 2.13. The van der Waals surface area contributed by atoms with Crippen molar-refractivity contribution in [2.45, 2.75) is 87.1 Å². The molecule has 4 atom stereocenters. The second-order valence-electron chi connectivity index (χ2n) is 10.2. The van der Waals surface area contributed by atoms with Gasteiger partial charge in [0.05, 0.1) is 0 Å². The van der Waals surface area contributed by atoms with Crippen LogP contribution in [0.2, 0.25) is 0 Å². The summed E-state index contributed by atoms with van der Waals surface area (Å²) >= 11 is 0. The molecule has 1 heteroatoms. The third kappa shape index (κ3) is 4.54. The predicted molar refractivity (Wildman–Crippen MR) is 102 cm³/mol. The van der Waals surface area contributed by atoms with Crippen LogP contribution in [0.4, 0.5) is 0 Å². The number of hydrogen-bond acceptors (Lipinski definition) is 1. The van der Waals surface area contributed by atoms with Crippen LogP contribution >= 0.6 is 0 Å². The summed E-state index contributed by atoms with van der Waals surface area (Å²) in [6.07, 6.45) is 8.26. The molecule has 0 aromatic rings. The summed E-state index contributed by atoms with van der Waals surface area (Å²) in [6, 6.07) is 0.648. The Hall–Kier alpha value is -0.460. The Morgan fingerprint density at radius 3 is 2.35 bits per heavy atom. The summed E-state index contributed by atoms with van der Waals surface area (Å²) in [5, 5.41) is 0. The van der Waals surface area contributed by atoms with E-state index in [1.165, 1.54) is 32.2 Å². The summed E-state index contributed by atoms with van der Waals surface area (Å²) in [6.45, 7) is 20.6. The second-order valence-corrected chi connectivity index (χ2v) is 10.2. The molecular formula is C22H41N. The Morgan fingerprint density at radius 1 is 1.17 bits per heavy atom. The number of fused-ring (bicyclic) bond motifs is 1.